The summed E-state index contributed by atoms with van der Waals surface area (Å²) >= 11 is 0. The first-order chi connectivity index (χ1) is 14.1. The molecule has 0 aliphatic carbocycles. The topological polar surface area (TPSA) is 61.4 Å². The zero-order valence-corrected chi connectivity index (χ0v) is 17.0. The second-order valence-corrected chi connectivity index (χ2v) is 8.38. The molecule has 0 saturated carbocycles. The minimum atomic E-state index is -0.124. The highest BCUT2D eigenvalue weighted by Crippen LogP contribution is 2.24. The Hall–Kier alpha value is -2.66. The molecular formula is C24H29N3O2. The van der Waals surface area contributed by atoms with E-state index in [9.17, 15) is 9.59 Å². The van der Waals surface area contributed by atoms with E-state index in [1.54, 1.807) is 6.07 Å². The number of hydrogen-bond donors (Lipinski definition) is 2. The van der Waals surface area contributed by atoms with Crippen molar-refractivity contribution in [3.8, 4) is 0 Å². The van der Waals surface area contributed by atoms with Crippen molar-refractivity contribution in [2.75, 3.05) is 23.7 Å². The Morgan fingerprint density at radius 2 is 1.86 bits per heavy atom. The van der Waals surface area contributed by atoms with Gasteiger partial charge in [0, 0.05) is 29.9 Å². The van der Waals surface area contributed by atoms with E-state index >= 15 is 0 Å². The molecule has 152 valence electrons. The molecule has 0 aromatic heterocycles. The van der Waals surface area contributed by atoms with Gasteiger partial charge in [0.2, 0.25) is 5.91 Å². The van der Waals surface area contributed by atoms with E-state index in [1.165, 1.54) is 31.5 Å². The maximum absolute atomic E-state index is 12.7. The first-order valence-electron chi connectivity index (χ1n) is 10.6. The summed E-state index contributed by atoms with van der Waals surface area (Å²) in [4.78, 5) is 26.9. The highest BCUT2D eigenvalue weighted by Gasteiger charge is 2.17. The normalized spacial score (nSPS) is 17.9. The molecule has 29 heavy (non-hydrogen) atoms. The number of carbonyl (C=O) groups is 2. The molecule has 0 spiro atoms. The number of benzene rings is 2. The molecule has 5 nitrogen and oxygen atoms in total. The van der Waals surface area contributed by atoms with Crippen molar-refractivity contribution in [2.24, 2.45) is 5.92 Å². The van der Waals surface area contributed by atoms with Crippen molar-refractivity contribution in [1.29, 1.82) is 0 Å². The fourth-order valence-electron chi connectivity index (χ4n) is 4.09. The van der Waals surface area contributed by atoms with Gasteiger partial charge < -0.3 is 10.6 Å². The Balaban J connectivity index is 1.37. The smallest absolute Gasteiger partial charge is 0.255 e. The average molecular weight is 392 g/mol. The second-order valence-electron chi connectivity index (χ2n) is 8.38. The minimum absolute atomic E-state index is 0.0418. The molecule has 0 atom stereocenters. The summed E-state index contributed by atoms with van der Waals surface area (Å²) < 4.78 is 0. The van der Waals surface area contributed by atoms with E-state index in [0.29, 0.717) is 12.0 Å². The number of rotatable bonds is 4. The van der Waals surface area contributed by atoms with Gasteiger partial charge in [-0.1, -0.05) is 19.1 Å². The van der Waals surface area contributed by atoms with Crippen LogP contribution in [0.1, 0.15) is 54.1 Å². The summed E-state index contributed by atoms with van der Waals surface area (Å²) in [6.07, 6.45) is 4.69. The molecule has 2 heterocycles. The maximum atomic E-state index is 12.7. The molecule has 0 unspecified atom stereocenters. The number of anilines is 2. The van der Waals surface area contributed by atoms with Crippen LogP contribution in [0.3, 0.4) is 0 Å². The summed E-state index contributed by atoms with van der Waals surface area (Å²) in [7, 11) is 0. The van der Waals surface area contributed by atoms with Gasteiger partial charge in [0.15, 0.2) is 0 Å². The van der Waals surface area contributed by atoms with Gasteiger partial charge >= 0.3 is 0 Å². The summed E-state index contributed by atoms with van der Waals surface area (Å²) in [5.41, 5.74) is 4.54. The van der Waals surface area contributed by atoms with E-state index in [1.807, 2.05) is 24.3 Å². The van der Waals surface area contributed by atoms with Gasteiger partial charge in [-0.3, -0.25) is 14.5 Å². The van der Waals surface area contributed by atoms with E-state index in [0.717, 1.165) is 42.2 Å². The van der Waals surface area contributed by atoms with Gasteiger partial charge in [-0.2, -0.15) is 0 Å². The lowest BCUT2D eigenvalue weighted by Crippen LogP contribution is -2.32. The van der Waals surface area contributed by atoms with Gasteiger partial charge in [0.25, 0.3) is 5.91 Å². The summed E-state index contributed by atoms with van der Waals surface area (Å²) in [6.45, 7) is 5.63. The Morgan fingerprint density at radius 3 is 2.62 bits per heavy atom. The number of nitrogens with zero attached hydrogens (tertiary/aromatic N) is 1. The fraction of sp³-hybridized carbons (Fsp3) is 0.417. The molecule has 2 aromatic carbocycles. The van der Waals surface area contributed by atoms with Crippen LogP contribution in [-0.4, -0.2) is 29.8 Å². The minimum Gasteiger partial charge on any atom is -0.326 e. The van der Waals surface area contributed by atoms with Crippen molar-refractivity contribution in [3.63, 3.8) is 0 Å². The van der Waals surface area contributed by atoms with Crippen molar-refractivity contribution < 1.29 is 9.59 Å². The van der Waals surface area contributed by atoms with Crippen LogP contribution >= 0.6 is 0 Å². The molecule has 2 amide bonds. The number of carbonyl (C=O) groups excluding carboxylic acids is 2. The number of amides is 2. The van der Waals surface area contributed by atoms with Crippen LogP contribution in [0.15, 0.2) is 42.5 Å². The highest BCUT2D eigenvalue weighted by atomic mass is 16.2. The molecule has 1 saturated heterocycles. The zero-order valence-electron chi connectivity index (χ0n) is 17.0. The zero-order chi connectivity index (χ0) is 20.2. The van der Waals surface area contributed by atoms with E-state index < -0.39 is 0 Å². The van der Waals surface area contributed by atoms with Crippen LogP contribution in [-0.2, 0) is 17.8 Å². The van der Waals surface area contributed by atoms with Crippen LogP contribution in [0.5, 0.6) is 0 Å². The lowest BCUT2D eigenvalue weighted by molar-refractivity contribution is -0.116. The largest absolute Gasteiger partial charge is 0.326 e. The van der Waals surface area contributed by atoms with Gasteiger partial charge in [0.1, 0.15) is 0 Å². The quantitative estimate of drug-likeness (QED) is 0.810. The van der Waals surface area contributed by atoms with Crippen molar-refractivity contribution >= 4 is 23.2 Å². The lowest BCUT2D eigenvalue weighted by Gasteiger charge is -2.30. The van der Waals surface area contributed by atoms with Crippen LogP contribution in [0.2, 0.25) is 0 Å². The maximum Gasteiger partial charge on any atom is 0.255 e. The number of fused-ring (bicyclic) bond motifs is 1. The second kappa shape index (κ2) is 8.78. The Labute approximate surface area is 172 Å². The first-order valence-corrected chi connectivity index (χ1v) is 10.6. The van der Waals surface area contributed by atoms with Crippen LogP contribution < -0.4 is 10.6 Å². The van der Waals surface area contributed by atoms with Gasteiger partial charge in [-0.05, 0) is 86.1 Å². The molecule has 2 aromatic rings. The van der Waals surface area contributed by atoms with Gasteiger partial charge in [-0.25, -0.2) is 0 Å². The van der Waals surface area contributed by atoms with Crippen molar-refractivity contribution in [2.45, 2.75) is 45.6 Å². The molecule has 2 aliphatic rings. The van der Waals surface area contributed by atoms with Gasteiger partial charge in [0.05, 0.1) is 0 Å². The standard InChI is InChI=1S/C24H29N3O2/c1-17-11-13-27(14-12-17)16-18-5-8-21(9-6-18)25-24(29)20-7-10-22-19(15-20)3-2-4-23(28)26-22/h5-10,15,17H,2-4,11-14,16H2,1H3,(H,25,29)(H,26,28). The number of nitrogens with one attached hydrogen (secondary N) is 2. The average Bonchev–Trinajstić information content (AvgIpc) is 2.91. The van der Waals surface area contributed by atoms with E-state index in [2.05, 4.69) is 34.6 Å². The van der Waals surface area contributed by atoms with Gasteiger partial charge in [-0.15, -0.1) is 0 Å². The molecule has 2 N–H and O–H groups in total. The third-order valence-electron chi connectivity index (χ3n) is 5.99. The molecule has 4 rings (SSSR count). The van der Waals surface area contributed by atoms with E-state index in [4.69, 9.17) is 0 Å². The Morgan fingerprint density at radius 1 is 1.10 bits per heavy atom. The molecule has 5 heteroatoms. The third kappa shape index (κ3) is 5.04. The Bertz CT molecular complexity index is 883. The number of hydrogen-bond acceptors (Lipinski definition) is 3. The predicted molar refractivity (Wildman–Crippen MR) is 116 cm³/mol. The van der Waals surface area contributed by atoms with Crippen LogP contribution in [0, 0.1) is 5.92 Å². The SMILES string of the molecule is CC1CCN(Cc2ccc(NC(=O)c3ccc4c(c3)CCCC(=O)N4)cc2)CC1. The Kier molecular flexibility index (Phi) is 5.95. The van der Waals surface area contributed by atoms with Crippen LogP contribution in [0.4, 0.5) is 11.4 Å². The summed E-state index contributed by atoms with van der Waals surface area (Å²) in [5, 5.41) is 5.89. The number of likely N-dealkylation sites (tertiary alicyclic amines) is 1. The molecule has 0 radical (unpaired) electrons. The summed E-state index contributed by atoms with van der Waals surface area (Å²) in [5.74, 6) is 0.759. The lowest BCUT2D eigenvalue weighted by atomic mass is 9.99. The molecule has 0 bridgehead atoms. The van der Waals surface area contributed by atoms with E-state index in [-0.39, 0.29) is 11.8 Å². The molecule has 2 aliphatic heterocycles. The van der Waals surface area contributed by atoms with Crippen LogP contribution in [0.25, 0.3) is 0 Å². The molecule has 1 fully saturated rings. The molecular weight excluding hydrogens is 362 g/mol. The monoisotopic (exact) mass is 391 g/mol. The predicted octanol–water partition coefficient (Wildman–Crippen LogP) is 4.45. The highest BCUT2D eigenvalue weighted by molar-refractivity contribution is 6.05. The third-order valence-corrected chi connectivity index (χ3v) is 5.99. The first kappa shape index (κ1) is 19.6. The summed E-state index contributed by atoms with van der Waals surface area (Å²) in [6, 6.07) is 13.6. The van der Waals surface area contributed by atoms with Crippen molar-refractivity contribution in [3.05, 3.63) is 59.2 Å². The fourth-order valence-corrected chi connectivity index (χ4v) is 4.09. The van der Waals surface area contributed by atoms with Crippen molar-refractivity contribution in [1.82, 2.24) is 4.90 Å². The number of aryl methyl sites for hydroxylation is 1. The number of piperidine rings is 1.